The number of nitrogens with two attached hydrogens (primary N) is 1. The van der Waals surface area contributed by atoms with Gasteiger partial charge in [0.25, 0.3) is 0 Å². The Kier molecular flexibility index (Phi) is 7.39. The lowest BCUT2D eigenvalue weighted by Crippen LogP contribution is -2.31. The molecule has 0 aliphatic rings. The SMILES string of the molecule is CCC(=O)OCCC(C)CCCC(C)(C)N. The van der Waals surface area contributed by atoms with Crippen molar-refractivity contribution in [1.82, 2.24) is 0 Å². The van der Waals surface area contributed by atoms with Gasteiger partial charge in [-0.15, -0.1) is 0 Å². The zero-order valence-electron chi connectivity index (χ0n) is 11.2. The van der Waals surface area contributed by atoms with Gasteiger partial charge in [0.15, 0.2) is 0 Å². The van der Waals surface area contributed by atoms with Crippen LogP contribution in [0.3, 0.4) is 0 Å². The maximum atomic E-state index is 10.9. The van der Waals surface area contributed by atoms with Gasteiger partial charge in [-0.25, -0.2) is 0 Å². The predicted molar refractivity (Wildman–Crippen MR) is 67.1 cm³/mol. The molecular weight excluding hydrogens is 202 g/mol. The van der Waals surface area contributed by atoms with Crippen LogP contribution >= 0.6 is 0 Å². The second kappa shape index (κ2) is 7.66. The minimum Gasteiger partial charge on any atom is -0.466 e. The van der Waals surface area contributed by atoms with Gasteiger partial charge in [-0.05, 0) is 32.6 Å². The first-order valence-corrected chi connectivity index (χ1v) is 6.29. The highest BCUT2D eigenvalue weighted by Crippen LogP contribution is 2.16. The molecule has 2 N–H and O–H groups in total. The fraction of sp³-hybridized carbons (Fsp3) is 0.923. The zero-order chi connectivity index (χ0) is 12.6. The first-order valence-electron chi connectivity index (χ1n) is 6.29. The topological polar surface area (TPSA) is 52.3 Å². The number of carbonyl (C=O) groups excluding carboxylic acids is 1. The summed E-state index contributed by atoms with van der Waals surface area (Å²) in [7, 11) is 0. The highest BCUT2D eigenvalue weighted by molar-refractivity contribution is 5.68. The molecule has 0 bridgehead atoms. The van der Waals surface area contributed by atoms with Crippen molar-refractivity contribution in [3.05, 3.63) is 0 Å². The number of carbonyl (C=O) groups is 1. The first kappa shape index (κ1) is 15.4. The Morgan fingerprint density at radius 2 is 2.00 bits per heavy atom. The lowest BCUT2D eigenvalue weighted by molar-refractivity contribution is -0.143. The van der Waals surface area contributed by atoms with Crippen molar-refractivity contribution in [3.8, 4) is 0 Å². The highest BCUT2D eigenvalue weighted by atomic mass is 16.5. The highest BCUT2D eigenvalue weighted by Gasteiger charge is 2.11. The van der Waals surface area contributed by atoms with Gasteiger partial charge < -0.3 is 10.5 Å². The number of rotatable bonds is 8. The number of esters is 1. The summed E-state index contributed by atoms with van der Waals surface area (Å²) in [5.74, 6) is 0.502. The molecule has 0 aliphatic heterocycles. The molecule has 0 spiro atoms. The molecule has 0 fully saturated rings. The molecule has 1 unspecified atom stereocenters. The Balaban J connectivity index is 3.45. The third-order valence-corrected chi connectivity index (χ3v) is 2.68. The molecule has 16 heavy (non-hydrogen) atoms. The van der Waals surface area contributed by atoms with E-state index < -0.39 is 0 Å². The zero-order valence-corrected chi connectivity index (χ0v) is 11.2. The smallest absolute Gasteiger partial charge is 0.305 e. The van der Waals surface area contributed by atoms with Gasteiger partial charge in [-0.3, -0.25) is 4.79 Å². The van der Waals surface area contributed by atoms with Crippen molar-refractivity contribution in [2.75, 3.05) is 6.61 Å². The Morgan fingerprint density at radius 3 is 2.50 bits per heavy atom. The number of hydrogen-bond acceptors (Lipinski definition) is 3. The monoisotopic (exact) mass is 229 g/mol. The maximum Gasteiger partial charge on any atom is 0.305 e. The molecule has 3 nitrogen and oxygen atoms in total. The van der Waals surface area contributed by atoms with Crippen LogP contribution in [0.4, 0.5) is 0 Å². The molecule has 0 aromatic rings. The van der Waals surface area contributed by atoms with E-state index in [-0.39, 0.29) is 11.5 Å². The first-order chi connectivity index (χ1) is 7.35. The van der Waals surface area contributed by atoms with Crippen molar-refractivity contribution < 1.29 is 9.53 Å². The van der Waals surface area contributed by atoms with E-state index in [1.807, 2.05) is 6.92 Å². The van der Waals surface area contributed by atoms with Gasteiger partial charge in [0.2, 0.25) is 0 Å². The van der Waals surface area contributed by atoms with E-state index in [1.165, 1.54) is 0 Å². The molecule has 0 aliphatic carbocycles. The van der Waals surface area contributed by atoms with Gasteiger partial charge in [0.1, 0.15) is 0 Å². The van der Waals surface area contributed by atoms with Crippen LogP contribution in [0.1, 0.15) is 59.8 Å². The minimum atomic E-state index is -0.102. The van der Waals surface area contributed by atoms with Crippen molar-refractivity contribution >= 4 is 5.97 Å². The van der Waals surface area contributed by atoms with E-state index in [0.29, 0.717) is 18.9 Å². The van der Waals surface area contributed by atoms with Gasteiger partial charge in [0, 0.05) is 12.0 Å². The molecule has 3 heteroatoms. The van der Waals surface area contributed by atoms with Crippen molar-refractivity contribution in [2.45, 2.75) is 65.3 Å². The Bertz CT molecular complexity index is 197. The predicted octanol–water partition coefficient (Wildman–Crippen LogP) is 2.87. The fourth-order valence-electron chi connectivity index (χ4n) is 1.53. The van der Waals surface area contributed by atoms with Crippen LogP contribution < -0.4 is 5.73 Å². The Hall–Kier alpha value is -0.570. The molecule has 1 atom stereocenters. The lowest BCUT2D eigenvalue weighted by atomic mass is 9.94. The van der Waals surface area contributed by atoms with Gasteiger partial charge in [0.05, 0.1) is 6.61 Å². The van der Waals surface area contributed by atoms with Crippen molar-refractivity contribution in [3.63, 3.8) is 0 Å². The summed E-state index contributed by atoms with van der Waals surface area (Å²) < 4.78 is 5.05. The molecule has 0 rings (SSSR count). The molecule has 96 valence electrons. The molecule has 0 heterocycles. The van der Waals surface area contributed by atoms with Crippen LogP contribution in [0, 0.1) is 5.92 Å². The normalized spacial score (nSPS) is 13.6. The summed E-state index contributed by atoms with van der Waals surface area (Å²) >= 11 is 0. The average molecular weight is 229 g/mol. The number of hydrogen-bond donors (Lipinski definition) is 1. The maximum absolute atomic E-state index is 10.9. The van der Waals surface area contributed by atoms with Crippen LogP contribution in [0.2, 0.25) is 0 Å². The summed E-state index contributed by atoms with van der Waals surface area (Å²) in [6, 6.07) is 0. The van der Waals surface area contributed by atoms with Gasteiger partial charge in [-0.2, -0.15) is 0 Å². The lowest BCUT2D eigenvalue weighted by Gasteiger charge is -2.19. The van der Waals surface area contributed by atoms with Gasteiger partial charge >= 0.3 is 5.97 Å². The Morgan fingerprint density at radius 1 is 1.38 bits per heavy atom. The standard InChI is InChI=1S/C13H27NO2/c1-5-12(15)16-10-8-11(2)7-6-9-13(3,4)14/h11H,5-10,14H2,1-4H3. The molecule has 0 radical (unpaired) electrons. The van der Waals surface area contributed by atoms with Crippen molar-refractivity contribution in [2.24, 2.45) is 11.7 Å². The Labute approximate surface area is 99.7 Å². The second-order valence-corrected chi connectivity index (χ2v) is 5.35. The summed E-state index contributed by atoms with van der Waals surface area (Å²) in [5.41, 5.74) is 5.85. The average Bonchev–Trinajstić information content (AvgIpc) is 2.15. The van der Waals surface area contributed by atoms with E-state index in [1.54, 1.807) is 0 Å². The largest absolute Gasteiger partial charge is 0.466 e. The quantitative estimate of drug-likeness (QED) is 0.651. The van der Waals surface area contributed by atoms with E-state index in [4.69, 9.17) is 10.5 Å². The molecular formula is C13H27NO2. The summed E-state index contributed by atoms with van der Waals surface area (Å²) in [6.07, 6.45) is 4.77. The van der Waals surface area contributed by atoms with E-state index >= 15 is 0 Å². The molecule has 0 aromatic carbocycles. The van der Waals surface area contributed by atoms with Crippen LogP contribution in [0.5, 0.6) is 0 Å². The van der Waals surface area contributed by atoms with Crippen molar-refractivity contribution in [1.29, 1.82) is 0 Å². The minimum absolute atomic E-state index is 0.0611. The summed E-state index contributed by atoms with van der Waals surface area (Å²) in [6.45, 7) is 8.68. The molecule has 0 saturated carbocycles. The summed E-state index contributed by atoms with van der Waals surface area (Å²) in [5, 5.41) is 0. The van der Waals surface area contributed by atoms with Crippen LogP contribution in [0.25, 0.3) is 0 Å². The third-order valence-electron chi connectivity index (χ3n) is 2.68. The van der Waals surface area contributed by atoms with E-state index in [9.17, 15) is 4.79 Å². The fourth-order valence-corrected chi connectivity index (χ4v) is 1.53. The molecule has 0 saturated heterocycles. The molecule has 0 amide bonds. The summed E-state index contributed by atoms with van der Waals surface area (Å²) in [4.78, 5) is 10.9. The van der Waals surface area contributed by atoms with Gasteiger partial charge in [-0.1, -0.05) is 26.7 Å². The van der Waals surface area contributed by atoms with E-state index in [2.05, 4.69) is 20.8 Å². The number of ether oxygens (including phenoxy) is 1. The molecule has 0 aromatic heterocycles. The van der Waals surface area contributed by atoms with Crippen LogP contribution in [-0.4, -0.2) is 18.1 Å². The van der Waals surface area contributed by atoms with Crippen LogP contribution in [-0.2, 0) is 9.53 Å². The van der Waals surface area contributed by atoms with E-state index in [0.717, 1.165) is 25.7 Å². The second-order valence-electron chi connectivity index (χ2n) is 5.35. The van der Waals surface area contributed by atoms with Crippen LogP contribution in [0.15, 0.2) is 0 Å². The third kappa shape index (κ3) is 9.97.